The van der Waals surface area contributed by atoms with Gasteiger partial charge in [-0.3, -0.25) is 0 Å². The van der Waals surface area contributed by atoms with Crippen LogP contribution in [0, 0.1) is 5.41 Å². The molecule has 0 heterocycles. The first kappa shape index (κ1) is 13.1. The first-order valence-corrected chi connectivity index (χ1v) is 6.49. The Morgan fingerprint density at radius 1 is 1.06 bits per heavy atom. The number of nitrogens with two attached hydrogens (primary N) is 2. The van der Waals surface area contributed by atoms with Gasteiger partial charge >= 0.3 is 0 Å². The van der Waals surface area contributed by atoms with E-state index in [9.17, 15) is 0 Å². The van der Waals surface area contributed by atoms with Gasteiger partial charge < -0.3 is 11.5 Å². The van der Waals surface area contributed by atoms with Gasteiger partial charge in [0.25, 0.3) is 0 Å². The van der Waals surface area contributed by atoms with Gasteiger partial charge in [-0.2, -0.15) is 0 Å². The Hall–Kier alpha value is -1.38. The van der Waals surface area contributed by atoms with Crippen LogP contribution in [0.15, 0.2) is 42.5 Å². The largest absolute Gasteiger partial charge is 0.330 e. The highest BCUT2D eigenvalue weighted by molar-refractivity contribution is 5.86. The summed E-state index contributed by atoms with van der Waals surface area (Å²) in [5, 5.41) is 2.49. The Bertz CT molecular complexity index is 526. The normalized spacial score (nSPS) is 13.8. The summed E-state index contributed by atoms with van der Waals surface area (Å²) >= 11 is 0. The fourth-order valence-corrected chi connectivity index (χ4v) is 2.47. The number of hydrogen-bond donors (Lipinski definition) is 2. The third-order valence-electron chi connectivity index (χ3n) is 3.79. The minimum atomic E-state index is 0.00662. The Morgan fingerprint density at radius 2 is 1.72 bits per heavy atom. The van der Waals surface area contributed by atoms with Crippen molar-refractivity contribution in [3.63, 3.8) is 0 Å². The second-order valence-electron chi connectivity index (χ2n) is 5.57. The standard InChI is InChI=1S/C16H22N2/c1-16(2,10-11-17)15(18)14-9-5-7-12-6-3-4-8-13(12)14/h3-9,15H,10-11,17-18H2,1-2H3. The third-order valence-corrected chi connectivity index (χ3v) is 3.79. The van der Waals surface area contributed by atoms with Crippen LogP contribution in [-0.4, -0.2) is 6.54 Å². The van der Waals surface area contributed by atoms with E-state index in [1.54, 1.807) is 0 Å². The summed E-state index contributed by atoms with van der Waals surface area (Å²) in [5.41, 5.74) is 13.4. The molecule has 0 aliphatic carbocycles. The molecule has 0 spiro atoms. The van der Waals surface area contributed by atoms with Crippen LogP contribution >= 0.6 is 0 Å². The van der Waals surface area contributed by atoms with Crippen molar-refractivity contribution in [3.8, 4) is 0 Å². The van der Waals surface area contributed by atoms with Crippen molar-refractivity contribution in [3.05, 3.63) is 48.0 Å². The fourth-order valence-electron chi connectivity index (χ4n) is 2.47. The van der Waals surface area contributed by atoms with Crippen molar-refractivity contribution in [2.45, 2.75) is 26.3 Å². The van der Waals surface area contributed by atoms with Crippen molar-refractivity contribution in [2.24, 2.45) is 16.9 Å². The second-order valence-corrected chi connectivity index (χ2v) is 5.57. The van der Waals surface area contributed by atoms with Crippen molar-refractivity contribution in [1.82, 2.24) is 0 Å². The molecule has 2 aromatic rings. The maximum Gasteiger partial charge on any atom is 0.0353 e. The Balaban J connectivity index is 2.48. The highest BCUT2D eigenvalue weighted by Gasteiger charge is 2.27. The molecule has 0 fully saturated rings. The predicted molar refractivity (Wildman–Crippen MR) is 78.3 cm³/mol. The van der Waals surface area contributed by atoms with Gasteiger partial charge in [0.1, 0.15) is 0 Å². The lowest BCUT2D eigenvalue weighted by atomic mass is 9.77. The van der Waals surface area contributed by atoms with Crippen molar-refractivity contribution in [1.29, 1.82) is 0 Å². The molecule has 2 rings (SSSR count). The number of rotatable bonds is 4. The molecular weight excluding hydrogens is 220 g/mol. The predicted octanol–water partition coefficient (Wildman–Crippen LogP) is 3.21. The summed E-state index contributed by atoms with van der Waals surface area (Å²) in [7, 11) is 0. The number of fused-ring (bicyclic) bond motifs is 1. The summed E-state index contributed by atoms with van der Waals surface area (Å²) in [6.07, 6.45) is 0.928. The lowest BCUT2D eigenvalue weighted by molar-refractivity contribution is 0.272. The molecule has 1 atom stereocenters. The zero-order chi connectivity index (χ0) is 13.2. The molecule has 4 N–H and O–H groups in total. The summed E-state index contributed by atoms with van der Waals surface area (Å²) in [6, 6.07) is 14.7. The molecule has 0 aromatic heterocycles. The van der Waals surface area contributed by atoms with Crippen LogP contribution in [0.25, 0.3) is 10.8 Å². The molecule has 0 saturated heterocycles. The van der Waals surface area contributed by atoms with Crippen molar-refractivity contribution < 1.29 is 0 Å². The lowest BCUT2D eigenvalue weighted by Gasteiger charge is -2.32. The van der Waals surface area contributed by atoms with Gasteiger partial charge in [0.15, 0.2) is 0 Å². The minimum absolute atomic E-state index is 0.00662. The van der Waals surface area contributed by atoms with Crippen LogP contribution in [0.5, 0.6) is 0 Å². The van der Waals surface area contributed by atoms with Gasteiger partial charge in [-0.1, -0.05) is 56.3 Å². The molecule has 2 nitrogen and oxygen atoms in total. The molecule has 0 aliphatic heterocycles. The molecule has 2 heteroatoms. The smallest absolute Gasteiger partial charge is 0.0353 e. The van der Waals surface area contributed by atoms with Gasteiger partial charge in [-0.15, -0.1) is 0 Å². The molecule has 0 radical (unpaired) electrons. The molecule has 18 heavy (non-hydrogen) atoms. The van der Waals surface area contributed by atoms with E-state index in [1.165, 1.54) is 16.3 Å². The van der Waals surface area contributed by atoms with E-state index in [0.29, 0.717) is 6.54 Å². The average Bonchev–Trinajstić information content (AvgIpc) is 2.37. The fraction of sp³-hybridized carbons (Fsp3) is 0.375. The maximum absolute atomic E-state index is 6.47. The third kappa shape index (κ3) is 2.40. The van der Waals surface area contributed by atoms with E-state index in [1.807, 2.05) is 0 Å². The highest BCUT2D eigenvalue weighted by atomic mass is 14.7. The minimum Gasteiger partial charge on any atom is -0.330 e. The van der Waals surface area contributed by atoms with Crippen LogP contribution in [-0.2, 0) is 0 Å². The summed E-state index contributed by atoms with van der Waals surface area (Å²) in [4.78, 5) is 0. The van der Waals surface area contributed by atoms with Gasteiger partial charge in [0, 0.05) is 6.04 Å². The molecule has 2 aromatic carbocycles. The van der Waals surface area contributed by atoms with Crippen molar-refractivity contribution in [2.75, 3.05) is 6.54 Å². The van der Waals surface area contributed by atoms with Gasteiger partial charge in [0.05, 0.1) is 0 Å². The van der Waals surface area contributed by atoms with Crippen LogP contribution in [0.3, 0.4) is 0 Å². The molecule has 0 amide bonds. The van der Waals surface area contributed by atoms with E-state index >= 15 is 0 Å². The topological polar surface area (TPSA) is 52.0 Å². The van der Waals surface area contributed by atoms with Gasteiger partial charge in [-0.25, -0.2) is 0 Å². The maximum atomic E-state index is 6.47. The Kier molecular flexibility index (Phi) is 3.69. The SMILES string of the molecule is CC(C)(CCN)C(N)c1cccc2ccccc12. The molecule has 0 aliphatic rings. The lowest BCUT2D eigenvalue weighted by Crippen LogP contribution is -2.31. The van der Waals surface area contributed by atoms with E-state index in [-0.39, 0.29) is 11.5 Å². The monoisotopic (exact) mass is 242 g/mol. The molecule has 0 saturated carbocycles. The first-order valence-electron chi connectivity index (χ1n) is 6.49. The summed E-state index contributed by atoms with van der Waals surface area (Å²) in [5.74, 6) is 0. The van der Waals surface area contributed by atoms with E-state index in [0.717, 1.165) is 6.42 Å². The molecular formula is C16H22N2. The number of benzene rings is 2. The summed E-state index contributed by atoms with van der Waals surface area (Å²) in [6.45, 7) is 5.05. The van der Waals surface area contributed by atoms with Crippen molar-refractivity contribution >= 4 is 10.8 Å². The Morgan fingerprint density at radius 3 is 2.44 bits per heavy atom. The van der Waals surface area contributed by atoms with E-state index < -0.39 is 0 Å². The van der Waals surface area contributed by atoms with E-state index in [2.05, 4.69) is 56.3 Å². The zero-order valence-electron chi connectivity index (χ0n) is 11.2. The molecule has 0 bridgehead atoms. The van der Waals surface area contributed by atoms with Crippen LogP contribution in [0.4, 0.5) is 0 Å². The summed E-state index contributed by atoms with van der Waals surface area (Å²) < 4.78 is 0. The van der Waals surface area contributed by atoms with Gasteiger partial charge in [-0.05, 0) is 34.7 Å². The average molecular weight is 242 g/mol. The quantitative estimate of drug-likeness (QED) is 0.865. The highest BCUT2D eigenvalue weighted by Crippen LogP contribution is 2.36. The number of hydrogen-bond acceptors (Lipinski definition) is 2. The van der Waals surface area contributed by atoms with Crippen LogP contribution in [0.2, 0.25) is 0 Å². The van der Waals surface area contributed by atoms with Gasteiger partial charge in [0.2, 0.25) is 0 Å². The zero-order valence-corrected chi connectivity index (χ0v) is 11.2. The Labute approximate surface area is 109 Å². The second kappa shape index (κ2) is 5.09. The molecule has 96 valence electrons. The van der Waals surface area contributed by atoms with Crippen LogP contribution < -0.4 is 11.5 Å². The van der Waals surface area contributed by atoms with Crippen LogP contribution in [0.1, 0.15) is 31.9 Å². The van der Waals surface area contributed by atoms with E-state index in [4.69, 9.17) is 11.5 Å². The first-order chi connectivity index (χ1) is 8.56. The molecule has 1 unspecified atom stereocenters.